The van der Waals surface area contributed by atoms with Crippen LogP contribution < -0.4 is 14.4 Å². The van der Waals surface area contributed by atoms with E-state index in [2.05, 4.69) is 9.88 Å². The molecule has 1 amide bonds. The van der Waals surface area contributed by atoms with Gasteiger partial charge in [0.25, 0.3) is 0 Å². The molecule has 4 atom stereocenters. The average molecular weight is 782 g/mol. The van der Waals surface area contributed by atoms with Crippen molar-refractivity contribution in [2.45, 2.75) is 95.6 Å². The number of ether oxygens (including phenoxy) is 4. The number of amides is 1. The van der Waals surface area contributed by atoms with E-state index in [0.29, 0.717) is 71.3 Å². The summed E-state index contributed by atoms with van der Waals surface area (Å²) in [6.07, 6.45) is 2.66. The second-order valence-corrected chi connectivity index (χ2v) is 16.7. The van der Waals surface area contributed by atoms with Gasteiger partial charge in [0, 0.05) is 44.1 Å². The molecule has 2 bridgehead atoms. The van der Waals surface area contributed by atoms with Gasteiger partial charge < -0.3 is 23.8 Å². The van der Waals surface area contributed by atoms with Crippen LogP contribution in [0.2, 0.25) is 5.02 Å². The molecule has 55 heavy (non-hydrogen) atoms. The molecule has 5 heterocycles. The Morgan fingerprint density at radius 3 is 2.53 bits per heavy atom. The van der Waals surface area contributed by atoms with Crippen LogP contribution >= 0.6 is 11.6 Å². The molecule has 4 saturated heterocycles. The standard InChI is InChI=1S/C41H47ClF3N5O5/c1-6-28-32(44)11-8-23-14-27(54-22-52-5)15-29(33(23)28)34-31(42)16-30-36(35(34)45)46-38(53-21-41-12-7-13-49(41)18-24(43)17-41)47-37(30)48-19-25-9-10-26(20-48)50(25)39(51)55-40(2,3)4/h8,11,14-16,24-26H,6-7,9-10,12-13,17-22H2,1-5H3/t24-,25-,26+,41+/m1/s1. The summed E-state index contributed by atoms with van der Waals surface area (Å²) >= 11 is 7.09. The summed E-state index contributed by atoms with van der Waals surface area (Å²) in [5, 5.41) is 1.60. The molecule has 0 radical (unpaired) electrons. The van der Waals surface area contributed by atoms with Crippen molar-refractivity contribution in [3.8, 4) is 22.9 Å². The van der Waals surface area contributed by atoms with E-state index >= 15 is 8.78 Å². The minimum atomic E-state index is -0.952. The molecule has 4 aliphatic heterocycles. The first-order valence-electron chi connectivity index (χ1n) is 19.1. The molecule has 0 aliphatic carbocycles. The van der Waals surface area contributed by atoms with Crippen LogP contribution in [0.4, 0.5) is 23.8 Å². The van der Waals surface area contributed by atoms with Gasteiger partial charge in [0.15, 0.2) is 12.6 Å². The van der Waals surface area contributed by atoms with Gasteiger partial charge in [0.1, 0.15) is 41.3 Å². The van der Waals surface area contributed by atoms with Gasteiger partial charge >= 0.3 is 12.1 Å². The van der Waals surface area contributed by atoms with E-state index in [1.54, 1.807) is 24.3 Å². The summed E-state index contributed by atoms with van der Waals surface area (Å²) in [6, 6.07) is 7.73. The highest BCUT2D eigenvalue weighted by Crippen LogP contribution is 2.46. The summed E-state index contributed by atoms with van der Waals surface area (Å²) in [5.41, 5.74) is -0.365. The van der Waals surface area contributed by atoms with Crippen LogP contribution in [0.25, 0.3) is 32.8 Å². The Morgan fingerprint density at radius 2 is 1.82 bits per heavy atom. The first-order chi connectivity index (χ1) is 26.3. The van der Waals surface area contributed by atoms with Crippen LogP contribution in [0.1, 0.15) is 65.4 Å². The van der Waals surface area contributed by atoms with E-state index in [0.717, 1.165) is 32.2 Å². The van der Waals surface area contributed by atoms with Gasteiger partial charge in [-0.1, -0.05) is 24.6 Å². The van der Waals surface area contributed by atoms with E-state index in [1.165, 1.54) is 13.2 Å². The molecule has 14 heteroatoms. The average Bonchev–Trinajstić information content (AvgIpc) is 3.75. The Labute approximate surface area is 323 Å². The maximum absolute atomic E-state index is 17.6. The second-order valence-electron chi connectivity index (χ2n) is 16.3. The molecule has 4 aromatic rings. The normalized spacial score (nSPS) is 23.9. The minimum Gasteiger partial charge on any atom is -0.468 e. The molecule has 3 aromatic carbocycles. The number of anilines is 1. The molecule has 0 saturated carbocycles. The smallest absolute Gasteiger partial charge is 0.410 e. The number of hydrogen-bond donors (Lipinski definition) is 0. The quantitative estimate of drug-likeness (QED) is 0.155. The summed E-state index contributed by atoms with van der Waals surface area (Å²) in [4.78, 5) is 28.9. The molecule has 4 aliphatic rings. The third kappa shape index (κ3) is 6.90. The summed E-state index contributed by atoms with van der Waals surface area (Å²) < 4.78 is 70.7. The van der Waals surface area contributed by atoms with Crippen molar-refractivity contribution < 1.29 is 36.9 Å². The highest BCUT2D eigenvalue weighted by Gasteiger charge is 2.50. The first-order valence-corrected chi connectivity index (χ1v) is 19.5. The van der Waals surface area contributed by atoms with E-state index in [-0.39, 0.29) is 53.7 Å². The Kier molecular flexibility index (Phi) is 9.95. The van der Waals surface area contributed by atoms with Gasteiger partial charge in [0.05, 0.1) is 22.6 Å². The fourth-order valence-electron chi connectivity index (χ4n) is 9.29. The van der Waals surface area contributed by atoms with Crippen molar-refractivity contribution in [2.75, 3.05) is 51.6 Å². The molecule has 294 valence electrons. The number of carbonyl (C=O) groups excluding carboxylic acids is 1. The topological polar surface area (TPSA) is 89.5 Å². The molecule has 1 aromatic heterocycles. The largest absolute Gasteiger partial charge is 0.468 e. The molecular weight excluding hydrogens is 735 g/mol. The number of fused-ring (bicyclic) bond motifs is 5. The molecule has 0 spiro atoms. The number of piperazine rings is 1. The Balaban J connectivity index is 1.26. The molecule has 10 nitrogen and oxygen atoms in total. The van der Waals surface area contributed by atoms with Crippen LogP contribution in [0.5, 0.6) is 11.8 Å². The van der Waals surface area contributed by atoms with Crippen molar-refractivity contribution in [3.05, 3.63) is 52.6 Å². The maximum atomic E-state index is 17.6. The number of aryl methyl sites for hydroxylation is 1. The number of benzene rings is 3. The lowest BCUT2D eigenvalue weighted by Gasteiger charge is -2.42. The van der Waals surface area contributed by atoms with Crippen molar-refractivity contribution in [3.63, 3.8) is 0 Å². The van der Waals surface area contributed by atoms with Crippen LogP contribution in [0.15, 0.2) is 30.3 Å². The van der Waals surface area contributed by atoms with Crippen molar-refractivity contribution in [2.24, 2.45) is 0 Å². The maximum Gasteiger partial charge on any atom is 0.410 e. The Morgan fingerprint density at radius 1 is 1.05 bits per heavy atom. The summed E-state index contributed by atoms with van der Waals surface area (Å²) in [7, 11) is 1.50. The Bertz CT molecular complexity index is 2140. The third-order valence-electron chi connectivity index (χ3n) is 11.6. The van der Waals surface area contributed by atoms with Gasteiger partial charge in [0.2, 0.25) is 0 Å². The Hall–Kier alpha value is -4.07. The van der Waals surface area contributed by atoms with Crippen molar-refractivity contribution >= 4 is 45.2 Å². The van der Waals surface area contributed by atoms with Crippen LogP contribution in [0.3, 0.4) is 0 Å². The van der Waals surface area contributed by atoms with Crippen LogP contribution in [0, 0.1) is 11.6 Å². The number of hydrogen-bond acceptors (Lipinski definition) is 9. The molecule has 4 fully saturated rings. The zero-order valence-corrected chi connectivity index (χ0v) is 32.6. The van der Waals surface area contributed by atoms with Crippen molar-refractivity contribution in [1.29, 1.82) is 0 Å². The fraction of sp³-hybridized carbons (Fsp3) is 0.537. The summed E-state index contributed by atoms with van der Waals surface area (Å²) in [5.74, 6) is -0.330. The number of rotatable bonds is 9. The van der Waals surface area contributed by atoms with Gasteiger partial charge in [-0.2, -0.15) is 9.97 Å². The van der Waals surface area contributed by atoms with Gasteiger partial charge in [-0.25, -0.2) is 18.0 Å². The number of nitrogens with zero attached hydrogens (tertiary/aromatic N) is 5. The molecule has 8 rings (SSSR count). The zero-order chi connectivity index (χ0) is 38.8. The summed E-state index contributed by atoms with van der Waals surface area (Å²) in [6.45, 7) is 9.47. The van der Waals surface area contributed by atoms with Crippen LogP contribution in [-0.2, 0) is 15.9 Å². The highest BCUT2D eigenvalue weighted by molar-refractivity contribution is 6.35. The lowest BCUT2D eigenvalue weighted by molar-refractivity contribution is 0.0122. The number of methoxy groups -OCH3 is 1. The van der Waals surface area contributed by atoms with E-state index in [4.69, 9.17) is 35.5 Å². The zero-order valence-electron chi connectivity index (χ0n) is 31.9. The SMILES string of the molecule is CCc1c(F)ccc2cc(OCOC)cc(-c3c(Cl)cc4c(N5C[C@H]6CC[C@@H](C5)N6C(=O)OC(C)(C)C)nc(OC[C@@]56CCCN5C[C@H](F)C6)nc4c3F)c12. The van der Waals surface area contributed by atoms with Crippen LogP contribution in [-0.4, -0.2) is 102 Å². The van der Waals surface area contributed by atoms with Gasteiger partial charge in [-0.05, 0) is 106 Å². The van der Waals surface area contributed by atoms with Crippen molar-refractivity contribution in [1.82, 2.24) is 19.8 Å². The number of aromatic nitrogens is 2. The minimum absolute atomic E-state index is 0.0253. The second kappa shape index (κ2) is 14.5. The molecular formula is C41H47ClF3N5O5. The predicted molar refractivity (Wildman–Crippen MR) is 205 cm³/mol. The monoisotopic (exact) mass is 781 g/mol. The van der Waals surface area contributed by atoms with Gasteiger partial charge in [-0.15, -0.1) is 0 Å². The molecule has 0 N–H and O–H groups in total. The molecule has 0 unspecified atom stereocenters. The highest BCUT2D eigenvalue weighted by atomic mass is 35.5. The lowest BCUT2D eigenvalue weighted by Crippen LogP contribution is -2.57. The van der Waals surface area contributed by atoms with E-state index in [1.807, 2.05) is 37.5 Å². The van der Waals surface area contributed by atoms with E-state index in [9.17, 15) is 9.18 Å². The first kappa shape index (κ1) is 37.8. The third-order valence-corrected chi connectivity index (χ3v) is 11.9. The predicted octanol–water partition coefficient (Wildman–Crippen LogP) is 8.47. The number of halogens is 4. The lowest BCUT2D eigenvalue weighted by atomic mass is 9.92. The number of carbonyl (C=O) groups is 1. The number of alkyl halides is 1. The van der Waals surface area contributed by atoms with E-state index < -0.39 is 28.9 Å². The van der Waals surface area contributed by atoms with Gasteiger partial charge in [-0.3, -0.25) is 9.80 Å². The fourth-order valence-corrected chi connectivity index (χ4v) is 9.58.